The largest absolute Gasteiger partial charge is 0.453 e. The lowest BCUT2D eigenvalue weighted by atomic mass is 10.0. The van der Waals surface area contributed by atoms with E-state index in [-0.39, 0.29) is 18.2 Å². The van der Waals surface area contributed by atoms with E-state index in [9.17, 15) is 4.79 Å². The van der Waals surface area contributed by atoms with Crippen LogP contribution in [-0.2, 0) is 22.6 Å². The highest BCUT2D eigenvalue weighted by molar-refractivity contribution is 5.68. The van der Waals surface area contributed by atoms with Gasteiger partial charge in [0.05, 0.1) is 26.4 Å². The van der Waals surface area contributed by atoms with Crippen LogP contribution in [0.4, 0.5) is 4.79 Å². The third-order valence-corrected chi connectivity index (χ3v) is 6.54. The second-order valence-electron chi connectivity index (χ2n) is 8.85. The van der Waals surface area contributed by atoms with E-state index in [2.05, 4.69) is 52.3 Å². The first-order chi connectivity index (χ1) is 15.7. The lowest BCUT2D eigenvalue weighted by Crippen LogP contribution is -2.63. The quantitative estimate of drug-likeness (QED) is 0.631. The molecular formula is C26H35N3O3. The summed E-state index contributed by atoms with van der Waals surface area (Å²) in [5.74, 6) is 0. The Morgan fingerprint density at radius 3 is 2.22 bits per heavy atom. The zero-order valence-corrected chi connectivity index (χ0v) is 19.1. The number of rotatable bonds is 8. The molecule has 4 rings (SSSR count). The molecule has 0 aliphatic carbocycles. The van der Waals surface area contributed by atoms with Crippen molar-refractivity contribution in [3.63, 3.8) is 0 Å². The molecule has 2 fully saturated rings. The Balaban J connectivity index is 1.46. The van der Waals surface area contributed by atoms with E-state index < -0.39 is 0 Å². The summed E-state index contributed by atoms with van der Waals surface area (Å²) in [5, 5.41) is 0. The zero-order valence-electron chi connectivity index (χ0n) is 19.1. The van der Waals surface area contributed by atoms with Crippen molar-refractivity contribution in [2.24, 2.45) is 0 Å². The number of hydrogen-bond donors (Lipinski definition) is 0. The predicted molar refractivity (Wildman–Crippen MR) is 125 cm³/mol. The van der Waals surface area contributed by atoms with Crippen LogP contribution in [0.5, 0.6) is 0 Å². The first kappa shape index (κ1) is 22.8. The molecule has 0 radical (unpaired) electrons. The fraction of sp³-hybridized carbons (Fsp3) is 0.500. The third kappa shape index (κ3) is 6.09. The minimum absolute atomic E-state index is 0.0373. The van der Waals surface area contributed by atoms with Crippen LogP contribution in [0.1, 0.15) is 24.0 Å². The van der Waals surface area contributed by atoms with Gasteiger partial charge in [-0.2, -0.15) is 0 Å². The summed E-state index contributed by atoms with van der Waals surface area (Å²) in [6.07, 6.45) is 2.27. The van der Waals surface area contributed by atoms with E-state index >= 15 is 0 Å². The van der Waals surface area contributed by atoms with Gasteiger partial charge in [0.15, 0.2) is 0 Å². The van der Waals surface area contributed by atoms with E-state index in [1.54, 1.807) is 0 Å². The molecule has 6 heteroatoms. The normalized spacial score (nSPS) is 22.2. The standard InChI is InChI=1S/C26H35N3O3/c1-31-26(30)29-19-24(17-27-14-8-9-15-27)28(16-22-10-4-2-5-11-22)18-25(29)21-32-20-23-12-6-3-7-13-23/h2-7,10-13,24-25H,8-9,14-21H2,1H3. The van der Waals surface area contributed by atoms with Crippen molar-refractivity contribution < 1.29 is 14.3 Å². The second-order valence-corrected chi connectivity index (χ2v) is 8.85. The fourth-order valence-corrected chi connectivity index (χ4v) is 4.83. The number of methoxy groups -OCH3 is 1. The Bertz CT molecular complexity index is 827. The Kier molecular flexibility index (Phi) is 8.15. The van der Waals surface area contributed by atoms with E-state index in [1.165, 1.54) is 25.5 Å². The van der Waals surface area contributed by atoms with Crippen LogP contribution >= 0.6 is 0 Å². The maximum Gasteiger partial charge on any atom is 0.409 e. The zero-order chi connectivity index (χ0) is 22.2. The Labute approximate surface area is 191 Å². The fourth-order valence-electron chi connectivity index (χ4n) is 4.83. The number of carbonyl (C=O) groups is 1. The van der Waals surface area contributed by atoms with E-state index in [1.807, 2.05) is 23.1 Å². The maximum atomic E-state index is 12.7. The number of likely N-dealkylation sites (tertiary alicyclic amines) is 1. The predicted octanol–water partition coefficient (Wildman–Crippen LogP) is 3.62. The molecule has 2 aliphatic heterocycles. The molecule has 2 atom stereocenters. The minimum Gasteiger partial charge on any atom is -0.453 e. The molecule has 0 saturated carbocycles. The Hall–Kier alpha value is -2.41. The molecule has 2 aliphatic rings. The number of piperazine rings is 1. The average molecular weight is 438 g/mol. The summed E-state index contributed by atoms with van der Waals surface area (Å²) >= 11 is 0. The molecule has 2 heterocycles. The molecule has 0 bridgehead atoms. The first-order valence-corrected chi connectivity index (χ1v) is 11.7. The van der Waals surface area contributed by atoms with Crippen LogP contribution < -0.4 is 0 Å². The van der Waals surface area contributed by atoms with Gasteiger partial charge in [0.25, 0.3) is 0 Å². The van der Waals surface area contributed by atoms with Crippen molar-refractivity contribution in [3.8, 4) is 0 Å². The SMILES string of the molecule is COC(=O)N1CC(CN2CCCC2)N(Cc2ccccc2)CC1COCc1ccccc1. The van der Waals surface area contributed by atoms with Gasteiger partial charge in [-0.15, -0.1) is 0 Å². The van der Waals surface area contributed by atoms with Crippen molar-refractivity contribution >= 4 is 6.09 Å². The highest BCUT2D eigenvalue weighted by atomic mass is 16.5. The highest BCUT2D eigenvalue weighted by Crippen LogP contribution is 2.22. The molecule has 0 aromatic heterocycles. The smallest absolute Gasteiger partial charge is 0.409 e. The number of benzene rings is 2. The van der Waals surface area contributed by atoms with Crippen LogP contribution in [0.15, 0.2) is 60.7 Å². The molecule has 32 heavy (non-hydrogen) atoms. The summed E-state index contributed by atoms with van der Waals surface area (Å²) in [5.41, 5.74) is 2.44. The molecule has 172 valence electrons. The molecule has 2 aromatic carbocycles. The van der Waals surface area contributed by atoms with Crippen LogP contribution in [0, 0.1) is 0 Å². The number of ether oxygens (including phenoxy) is 2. The Morgan fingerprint density at radius 2 is 1.56 bits per heavy atom. The van der Waals surface area contributed by atoms with Gasteiger partial charge in [0, 0.05) is 32.2 Å². The Morgan fingerprint density at radius 1 is 0.906 bits per heavy atom. The summed E-state index contributed by atoms with van der Waals surface area (Å²) in [6.45, 7) is 6.64. The second kappa shape index (κ2) is 11.5. The lowest BCUT2D eigenvalue weighted by Gasteiger charge is -2.46. The van der Waals surface area contributed by atoms with E-state index in [4.69, 9.17) is 9.47 Å². The van der Waals surface area contributed by atoms with Crippen LogP contribution in [-0.4, -0.2) is 79.3 Å². The van der Waals surface area contributed by atoms with Crippen molar-refractivity contribution in [2.45, 2.75) is 38.1 Å². The van der Waals surface area contributed by atoms with Gasteiger partial charge in [-0.25, -0.2) is 4.79 Å². The van der Waals surface area contributed by atoms with Gasteiger partial charge in [0.2, 0.25) is 0 Å². The third-order valence-electron chi connectivity index (χ3n) is 6.54. The molecule has 2 aromatic rings. The maximum absolute atomic E-state index is 12.7. The van der Waals surface area contributed by atoms with Crippen molar-refractivity contribution in [2.75, 3.05) is 46.4 Å². The number of nitrogens with zero attached hydrogens (tertiary/aromatic N) is 3. The van der Waals surface area contributed by atoms with Gasteiger partial charge < -0.3 is 19.3 Å². The molecule has 0 N–H and O–H groups in total. The summed E-state index contributed by atoms with van der Waals surface area (Å²) in [6, 6.07) is 21.0. The van der Waals surface area contributed by atoms with Gasteiger partial charge in [-0.1, -0.05) is 60.7 Å². The number of hydrogen-bond acceptors (Lipinski definition) is 5. The summed E-state index contributed by atoms with van der Waals surface area (Å²) in [4.78, 5) is 19.6. The van der Waals surface area contributed by atoms with Crippen molar-refractivity contribution in [1.29, 1.82) is 0 Å². The molecule has 0 spiro atoms. The number of carbonyl (C=O) groups excluding carboxylic acids is 1. The van der Waals surface area contributed by atoms with Crippen LogP contribution in [0.3, 0.4) is 0 Å². The summed E-state index contributed by atoms with van der Waals surface area (Å²) in [7, 11) is 1.47. The minimum atomic E-state index is -0.260. The first-order valence-electron chi connectivity index (χ1n) is 11.7. The van der Waals surface area contributed by atoms with Crippen molar-refractivity contribution in [1.82, 2.24) is 14.7 Å². The molecule has 2 saturated heterocycles. The monoisotopic (exact) mass is 437 g/mol. The lowest BCUT2D eigenvalue weighted by molar-refractivity contribution is -0.0250. The number of amides is 1. The van der Waals surface area contributed by atoms with Crippen molar-refractivity contribution in [3.05, 3.63) is 71.8 Å². The van der Waals surface area contributed by atoms with E-state index in [0.29, 0.717) is 19.8 Å². The van der Waals surface area contributed by atoms with Gasteiger partial charge in [0.1, 0.15) is 0 Å². The van der Waals surface area contributed by atoms with Gasteiger partial charge in [-0.05, 0) is 37.1 Å². The highest BCUT2D eigenvalue weighted by Gasteiger charge is 2.38. The van der Waals surface area contributed by atoms with E-state index in [0.717, 1.165) is 38.3 Å². The molecule has 6 nitrogen and oxygen atoms in total. The molecular weight excluding hydrogens is 402 g/mol. The summed E-state index contributed by atoms with van der Waals surface area (Å²) < 4.78 is 11.2. The molecule has 1 amide bonds. The average Bonchev–Trinajstić information content (AvgIpc) is 3.34. The topological polar surface area (TPSA) is 45.2 Å². The van der Waals surface area contributed by atoms with Crippen LogP contribution in [0.25, 0.3) is 0 Å². The van der Waals surface area contributed by atoms with Gasteiger partial charge >= 0.3 is 6.09 Å². The van der Waals surface area contributed by atoms with Gasteiger partial charge in [-0.3, -0.25) is 4.90 Å². The van der Waals surface area contributed by atoms with Crippen LogP contribution in [0.2, 0.25) is 0 Å². The molecule has 2 unspecified atom stereocenters.